The van der Waals surface area contributed by atoms with Gasteiger partial charge in [0.1, 0.15) is 11.9 Å². The van der Waals surface area contributed by atoms with Crippen molar-refractivity contribution in [3.8, 4) is 17.6 Å². The van der Waals surface area contributed by atoms with Crippen molar-refractivity contribution in [2.45, 2.75) is 45.0 Å². The van der Waals surface area contributed by atoms with Gasteiger partial charge in [-0.2, -0.15) is 5.26 Å². The summed E-state index contributed by atoms with van der Waals surface area (Å²) in [6.45, 7) is 7.13. The second kappa shape index (κ2) is 10.3. The van der Waals surface area contributed by atoms with Crippen LogP contribution in [0.4, 0.5) is 0 Å². The highest BCUT2D eigenvalue weighted by Crippen LogP contribution is 2.47. The van der Waals surface area contributed by atoms with Crippen LogP contribution in [0, 0.1) is 22.2 Å². The zero-order chi connectivity index (χ0) is 27.0. The first kappa shape index (κ1) is 26.9. The Balaban J connectivity index is 1.49. The molecule has 10 heteroatoms. The number of ether oxygens (including phenoxy) is 2. The predicted molar refractivity (Wildman–Crippen MR) is 136 cm³/mol. The second-order valence-electron chi connectivity index (χ2n) is 10.7. The van der Waals surface area contributed by atoms with Crippen molar-refractivity contribution in [3.63, 3.8) is 0 Å². The standard InChI is InChI=1S/C27H36N4O6/c1-17(33)27(3)16-31(25(35)21(34)13-32)12-20(27)18-5-6-22(36-4)23(9-18)37-19-10-30(11-19)24-7-8-26(2,14-28)15-29-24/h5-9,17,19-21,32-34H,10-13,15-16H2,1-4H3/t17-,20+,21+,26?,27+/m1/s1. The van der Waals surface area contributed by atoms with Gasteiger partial charge in [-0.05, 0) is 37.6 Å². The molecule has 1 unspecified atom stereocenters. The maximum atomic E-state index is 12.6. The van der Waals surface area contributed by atoms with E-state index >= 15 is 0 Å². The highest BCUT2D eigenvalue weighted by Gasteiger charge is 2.49. The fourth-order valence-electron chi connectivity index (χ4n) is 5.15. The number of aliphatic imine (C=N–C) groups is 1. The van der Waals surface area contributed by atoms with Crippen molar-refractivity contribution in [1.29, 1.82) is 5.26 Å². The summed E-state index contributed by atoms with van der Waals surface area (Å²) in [7, 11) is 1.58. The van der Waals surface area contributed by atoms with Gasteiger partial charge in [-0.3, -0.25) is 9.79 Å². The van der Waals surface area contributed by atoms with Crippen molar-refractivity contribution < 1.29 is 29.6 Å². The molecule has 5 atom stereocenters. The third-order valence-electron chi connectivity index (χ3n) is 7.94. The number of amidine groups is 1. The number of nitrogens with zero attached hydrogens (tertiary/aromatic N) is 4. The highest BCUT2D eigenvalue weighted by atomic mass is 16.5. The minimum Gasteiger partial charge on any atom is -0.493 e. The SMILES string of the molecule is COc1ccc([C@@H]2CN(C(=O)[C@@H](O)CO)C[C@@]2(C)[C@@H](C)O)cc1OC1CN(C2=NCC(C)(C#N)C=C2)C1. The lowest BCUT2D eigenvalue weighted by molar-refractivity contribution is -0.141. The zero-order valence-electron chi connectivity index (χ0n) is 21.8. The molecular formula is C27H36N4O6. The van der Waals surface area contributed by atoms with E-state index in [0.717, 1.165) is 11.4 Å². The van der Waals surface area contributed by atoms with Crippen LogP contribution in [0.1, 0.15) is 32.3 Å². The van der Waals surface area contributed by atoms with E-state index in [1.807, 2.05) is 44.2 Å². The van der Waals surface area contributed by atoms with Gasteiger partial charge < -0.3 is 34.6 Å². The number of amides is 1. The van der Waals surface area contributed by atoms with Gasteiger partial charge in [0.05, 0.1) is 50.9 Å². The van der Waals surface area contributed by atoms with Crippen molar-refractivity contribution in [2.24, 2.45) is 15.8 Å². The largest absolute Gasteiger partial charge is 0.493 e. The molecule has 3 heterocycles. The van der Waals surface area contributed by atoms with Gasteiger partial charge in [0.25, 0.3) is 5.91 Å². The van der Waals surface area contributed by atoms with Gasteiger partial charge in [0.15, 0.2) is 17.6 Å². The molecule has 1 amide bonds. The molecule has 2 saturated heterocycles. The number of benzene rings is 1. The molecule has 0 aliphatic carbocycles. The molecule has 0 saturated carbocycles. The number of hydrogen-bond donors (Lipinski definition) is 3. The molecule has 1 aromatic carbocycles. The third kappa shape index (κ3) is 5.17. The fourth-order valence-corrected chi connectivity index (χ4v) is 5.15. The van der Waals surface area contributed by atoms with E-state index in [2.05, 4.69) is 16.0 Å². The van der Waals surface area contributed by atoms with Crippen LogP contribution in [-0.2, 0) is 4.79 Å². The molecule has 1 aromatic rings. The van der Waals surface area contributed by atoms with Gasteiger partial charge in [-0.15, -0.1) is 0 Å². The number of nitriles is 1. The minimum absolute atomic E-state index is 0.0750. The first-order valence-electron chi connectivity index (χ1n) is 12.5. The summed E-state index contributed by atoms with van der Waals surface area (Å²) in [5, 5.41) is 39.0. The first-order chi connectivity index (χ1) is 17.5. The average Bonchev–Trinajstić information content (AvgIpc) is 3.24. The maximum Gasteiger partial charge on any atom is 0.253 e. The molecule has 3 N–H and O–H groups in total. The molecule has 37 heavy (non-hydrogen) atoms. The lowest BCUT2D eigenvalue weighted by atomic mass is 9.72. The summed E-state index contributed by atoms with van der Waals surface area (Å²) in [6.07, 6.45) is 1.51. The third-order valence-corrected chi connectivity index (χ3v) is 7.94. The molecule has 2 fully saturated rings. The first-order valence-corrected chi connectivity index (χ1v) is 12.5. The van der Waals surface area contributed by atoms with E-state index in [-0.39, 0.29) is 18.6 Å². The van der Waals surface area contributed by atoms with E-state index < -0.39 is 35.6 Å². The Morgan fingerprint density at radius 1 is 1.27 bits per heavy atom. The maximum absolute atomic E-state index is 12.6. The van der Waals surface area contributed by atoms with E-state index in [1.165, 1.54) is 4.90 Å². The lowest BCUT2D eigenvalue weighted by Crippen LogP contribution is -2.56. The lowest BCUT2D eigenvalue weighted by Gasteiger charge is -2.41. The van der Waals surface area contributed by atoms with Crippen molar-refractivity contribution in [1.82, 2.24) is 9.80 Å². The quantitative estimate of drug-likeness (QED) is 0.490. The highest BCUT2D eigenvalue weighted by molar-refractivity contribution is 5.94. The van der Waals surface area contributed by atoms with Gasteiger partial charge >= 0.3 is 0 Å². The molecule has 3 aliphatic heterocycles. The van der Waals surface area contributed by atoms with Crippen LogP contribution in [0.15, 0.2) is 35.3 Å². The number of dihydropyridines is 1. The molecular weight excluding hydrogens is 476 g/mol. The number of carbonyl (C=O) groups is 1. The van der Waals surface area contributed by atoms with E-state index in [9.17, 15) is 25.4 Å². The zero-order valence-corrected chi connectivity index (χ0v) is 21.8. The smallest absolute Gasteiger partial charge is 0.253 e. The molecule has 0 radical (unpaired) electrons. The summed E-state index contributed by atoms with van der Waals surface area (Å²) < 4.78 is 11.8. The molecule has 3 aliphatic rings. The number of likely N-dealkylation sites (tertiary alicyclic amines) is 2. The van der Waals surface area contributed by atoms with Crippen LogP contribution in [0.5, 0.6) is 11.5 Å². The van der Waals surface area contributed by atoms with Crippen molar-refractivity contribution in [3.05, 3.63) is 35.9 Å². The summed E-state index contributed by atoms with van der Waals surface area (Å²) in [6, 6.07) is 7.92. The topological polar surface area (TPSA) is 139 Å². The van der Waals surface area contributed by atoms with Gasteiger partial charge in [-0.1, -0.05) is 19.1 Å². The summed E-state index contributed by atoms with van der Waals surface area (Å²) in [4.78, 5) is 20.8. The monoisotopic (exact) mass is 512 g/mol. The van der Waals surface area contributed by atoms with Crippen molar-refractivity contribution in [2.75, 3.05) is 46.4 Å². The van der Waals surface area contributed by atoms with Crippen LogP contribution in [-0.4, -0.2) is 102 Å². The van der Waals surface area contributed by atoms with Gasteiger partial charge in [-0.25, -0.2) is 0 Å². The molecule has 0 bridgehead atoms. The number of methoxy groups -OCH3 is 1. The second-order valence-corrected chi connectivity index (χ2v) is 10.7. The summed E-state index contributed by atoms with van der Waals surface area (Å²) >= 11 is 0. The van der Waals surface area contributed by atoms with Crippen LogP contribution in [0.3, 0.4) is 0 Å². The Kier molecular flexibility index (Phi) is 7.51. The number of aliphatic hydroxyl groups is 3. The fraction of sp³-hybridized carbons (Fsp3) is 0.593. The Bertz CT molecular complexity index is 1120. The van der Waals surface area contributed by atoms with Crippen molar-refractivity contribution >= 4 is 11.7 Å². The number of hydrogen-bond acceptors (Lipinski definition) is 9. The predicted octanol–water partition coefficient (Wildman–Crippen LogP) is 0.922. The summed E-state index contributed by atoms with van der Waals surface area (Å²) in [5.74, 6) is 1.25. The molecule has 10 nitrogen and oxygen atoms in total. The average molecular weight is 513 g/mol. The van der Waals surface area contributed by atoms with E-state index in [1.54, 1.807) is 14.0 Å². The molecule has 4 rings (SSSR count). The Hall–Kier alpha value is -3.13. The Morgan fingerprint density at radius 3 is 2.57 bits per heavy atom. The number of aliphatic hydroxyl groups excluding tert-OH is 3. The minimum atomic E-state index is -1.48. The molecule has 0 aromatic heterocycles. The van der Waals surface area contributed by atoms with Crippen LogP contribution >= 0.6 is 0 Å². The Morgan fingerprint density at radius 2 is 2.00 bits per heavy atom. The van der Waals surface area contributed by atoms with Crippen LogP contribution < -0.4 is 9.47 Å². The number of rotatable bonds is 7. The van der Waals surface area contributed by atoms with Crippen LogP contribution in [0.2, 0.25) is 0 Å². The van der Waals surface area contributed by atoms with Gasteiger partial charge in [0.2, 0.25) is 0 Å². The molecule has 200 valence electrons. The Labute approximate surface area is 217 Å². The molecule has 0 spiro atoms. The van der Waals surface area contributed by atoms with E-state index in [0.29, 0.717) is 37.7 Å². The normalized spacial score (nSPS) is 29.2. The van der Waals surface area contributed by atoms with E-state index in [4.69, 9.17) is 9.47 Å². The number of carbonyl (C=O) groups excluding carboxylic acids is 1. The summed E-state index contributed by atoms with van der Waals surface area (Å²) in [5.41, 5.74) is -0.331. The van der Waals surface area contributed by atoms with Gasteiger partial charge in [0, 0.05) is 24.4 Å². The van der Waals surface area contributed by atoms with Crippen LogP contribution in [0.25, 0.3) is 0 Å².